The topological polar surface area (TPSA) is 74.8 Å². The van der Waals surface area contributed by atoms with Crippen molar-refractivity contribution in [3.8, 4) is 0 Å². The maximum Gasteiger partial charge on any atom is 0.179 e. The van der Waals surface area contributed by atoms with Gasteiger partial charge in [0.15, 0.2) is 9.84 Å². The number of benzene rings is 1. The molecule has 0 radical (unpaired) electrons. The van der Waals surface area contributed by atoms with Crippen LogP contribution in [0.3, 0.4) is 0 Å². The van der Waals surface area contributed by atoms with Crippen molar-refractivity contribution < 1.29 is 8.42 Å². The predicted molar refractivity (Wildman–Crippen MR) is 62.1 cm³/mol. The smallest absolute Gasteiger partial charge is 0.179 e. The van der Waals surface area contributed by atoms with Crippen LogP contribution in [0.1, 0.15) is 0 Å². The molecular weight excluding hydrogens is 226 g/mol. The Morgan fingerprint density at radius 3 is 3.00 bits per heavy atom. The average Bonchev–Trinajstić information content (AvgIpc) is 2.73. The molecule has 1 aromatic heterocycles. The zero-order valence-electron chi connectivity index (χ0n) is 8.90. The summed E-state index contributed by atoms with van der Waals surface area (Å²) in [5, 5.41) is 2.83. The van der Waals surface area contributed by atoms with Gasteiger partial charge in [0.25, 0.3) is 0 Å². The zero-order valence-corrected chi connectivity index (χ0v) is 9.71. The molecule has 0 aliphatic heterocycles. The fourth-order valence-electron chi connectivity index (χ4n) is 1.46. The summed E-state index contributed by atoms with van der Waals surface area (Å²) in [5.41, 5.74) is 1.51. The van der Waals surface area contributed by atoms with Gasteiger partial charge in [0.1, 0.15) is 0 Å². The molecule has 5 nitrogen and oxygen atoms in total. The number of imidazole rings is 1. The minimum atomic E-state index is -3.20. The molecule has 0 aliphatic carbocycles. The first-order valence-electron chi connectivity index (χ1n) is 4.94. The van der Waals surface area contributed by atoms with E-state index in [0.717, 1.165) is 11.0 Å². The third kappa shape index (κ3) is 2.07. The number of sulfone groups is 1. The van der Waals surface area contributed by atoms with Crippen molar-refractivity contribution in [1.29, 1.82) is 0 Å². The number of hydrogen-bond donors (Lipinski definition) is 2. The molecule has 86 valence electrons. The minimum absolute atomic E-state index is 0.100. The Morgan fingerprint density at radius 2 is 2.25 bits per heavy atom. The normalized spacial score (nSPS) is 12.1. The second-order valence-electron chi connectivity index (χ2n) is 3.50. The molecule has 0 amide bonds. The fraction of sp³-hybridized carbons (Fsp3) is 0.300. The van der Waals surface area contributed by atoms with Crippen molar-refractivity contribution in [2.45, 2.75) is 4.90 Å². The number of hydrogen-bond acceptors (Lipinski definition) is 4. The maximum atomic E-state index is 11.9. The van der Waals surface area contributed by atoms with Gasteiger partial charge in [-0.2, -0.15) is 0 Å². The second kappa shape index (κ2) is 4.23. The monoisotopic (exact) mass is 239 g/mol. The van der Waals surface area contributed by atoms with Gasteiger partial charge in [0.2, 0.25) is 0 Å². The molecule has 0 aliphatic rings. The van der Waals surface area contributed by atoms with Gasteiger partial charge in [0.05, 0.1) is 28.0 Å². The molecule has 2 aromatic rings. The Morgan fingerprint density at radius 1 is 1.44 bits per heavy atom. The van der Waals surface area contributed by atoms with Crippen LogP contribution in [0.15, 0.2) is 29.4 Å². The van der Waals surface area contributed by atoms with Crippen LogP contribution in [0, 0.1) is 0 Å². The highest BCUT2D eigenvalue weighted by Crippen LogP contribution is 2.16. The summed E-state index contributed by atoms with van der Waals surface area (Å²) < 4.78 is 23.8. The molecule has 0 saturated heterocycles. The molecule has 0 unspecified atom stereocenters. The van der Waals surface area contributed by atoms with Crippen LogP contribution >= 0.6 is 0 Å². The summed E-state index contributed by atoms with van der Waals surface area (Å²) in [6.07, 6.45) is 1.55. The first-order chi connectivity index (χ1) is 7.63. The molecule has 6 heteroatoms. The predicted octanol–water partition coefficient (Wildman–Crippen LogP) is 0.556. The van der Waals surface area contributed by atoms with Crippen LogP contribution in [0.2, 0.25) is 0 Å². The number of rotatable bonds is 4. The van der Waals surface area contributed by atoms with E-state index in [4.69, 9.17) is 0 Å². The summed E-state index contributed by atoms with van der Waals surface area (Å²) in [5.74, 6) is 0.100. The van der Waals surface area contributed by atoms with Gasteiger partial charge in [-0.25, -0.2) is 13.4 Å². The quantitative estimate of drug-likeness (QED) is 0.817. The van der Waals surface area contributed by atoms with E-state index in [9.17, 15) is 8.42 Å². The van der Waals surface area contributed by atoms with Gasteiger partial charge in [-0.05, 0) is 25.2 Å². The fourth-order valence-corrected chi connectivity index (χ4v) is 2.74. The molecule has 2 rings (SSSR count). The van der Waals surface area contributed by atoms with Crippen LogP contribution in [-0.4, -0.2) is 37.7 Å². The van der Waals surface area contributed by atoms with Crippen LogP contribution in [0.4, 0.5) is 0 Å². The zero-order chi connectivity index (χ0) is 11.6. The number of aromatic nitrogens is 2. The summed E-state index contributed by atoms with van der Waals surface area (Å²) in [4.78, 5) is 7.27. The first kappa shape index (κ1) is 11.1. The van der Waals surface area contributed by atoms with Crippen LogP contribution in [0.5, 0.6) is 0 Å². The molecule has 16 heavy (non-hydrogen) atoms. The number of aromatic amines is 1. The first-order valence-corrected chi connectivity index (χ1v) is 6.59. The van der Waals surface area contributed by atoms with Crippen molar-refractivity contribution in [2.75, 3.05) is 19.3 Å². The van der Waals surface area contributed by atoms with Gasteiger partial charge in [0, 0.05) is 6.54 Å². The van der Waals surface area contributed by atoms with Crippen molar-refractivity contribution in [3.05, 3.63) is 24.5 Å². The minimum Gasteiger partial charge on any atom is -0.345 e. The lowest BCUT2D eigenvalue weighted by molar-refractivity contribution is 0.593. The van der Waals surface area contributed by atoms with Crippen molar-refractivity contribution in [3.63, 3.8) is 0 Å². The van der Waals surface area contributed by atoms with E-state index in [1.165, 1.54) is 0 Å². The number of fused-ring (bicyclic) bond motifs is 1. The van der Waals surface area contributed by atoms with Crippen LogP contribution in [-0.2, 0) is 9.84 Å². The largest absolute Gasteiger partial charge is 0.345 e. The molecule has 0 bridgehead atoms. The Hall–Kier alpha value is -1.40. The van der Waals surface area contributed by atoms with Crippen molar-refractivity contribution in [2.24, 2.45) is 0 Å². The SMILES string of the molecule is CNCCS(=O)(=O)c1ccc2nc[nH]c2c1. The summed E-state index contributed by atoms with van der Waals surface area (Å²) in [6, 6.07) is 4.92. The molecule has 1 heterocycles. The van der Waals surface area contributed by atoms with Gasteiger partial charge in [-0.3, -0.25) is 0 Å². The molecule has 0 spiro atoms. The van der Waals surface area contributed by atoms with E-state index < -0.39 is 9.84 Å². The Balaban J connectivity index is 2.39. The average molecular weight is 239 g/mol. The molecule has 2 N–H and O–H groups in total. The van der Waals surface area contributed by atoms with E-state index in [-0.39, 0.29) is 5.75 Å². The lowest BCUT2D eigenvalue weighted by Gasteiger charge is -2.03. The van der Waals surface area contributed by atoms with Crippen LogP contribution < -0.4 is 5.32 Å². The summed E-state index contributed by atoms with van der Waals surface area (Å²) in [7, 11) is -1.47. The highest BCUT2D eigenvalue weighted by molar-refractivity contribution is 7.91. The van der Waals surface area contributed by atoms with E-state index >= 15 is 0 Å². The standard InChI is InChI=1S/C10H13N3O2S/c1-11-4-5-16(14,15)8-2-3-9-10(6-8)13-7-12-9/h2-3,6-7,11H,4-5H2,1H3,(H,12,13). The van der Waals surface area contributed by atoms with Gasteiger partial charge in [-0.15, -0.1) is 0 Å². The maximum absolute atomic E-state index is 11.9. The molecular formula is C10H13N3O2S. The molecule has 0 fully saturated rings. The van der Waals surface area contributed by atoms with Crippen molar-refractivity contribution in [1.82, 2.24) is 15.3 Å². The second-order valence-corrected chi connectivity index (χ2v) is 5.61. The Bertz CT molecular complexity index is 589. The van der Waals surface area contributed by atoms with E-state index in [2.05, 4.69) is 15.3 Å². The number of nitrogens with zero attached hydrogens (tertiary/aromatic N) is 1. The summed E-state index contributed by atoms with van der Waals surface area (Å²) >= 11 is 0. The third-order valence-electron chi connectivity index (χ3n) is 2.37. The number of nitrogens with one attached hydrogen (secondary N) is 2. The molecule has 0 saturated carbocycles. The number of H-pyrrole nitrogens is 1. The third-order valence-corrected chi connectivity index (χ3v) is 4.09. The van der Waals surface area contributed by atoms with Gasteiger partial charge < -0.3 is 10.3 Å². The van der Waals surface area contributed by atoms with Gasteiger partial charge >= 0.3 is 0 Å². The highest BCUT2D eigenvalue weighted by Gasteiger charge is 2.14. The Labute approximate surface area is 93.8 Å². The van der Waals surface area contributed by atoms with Crippen LogP contribution in [0.25, 0.3) is 11.0 Å². The molecule has 0 atom stereocenters. The molecule has 1 aromatic carbocycles. The lowest BCUT2D eigenvalue weighted by atomic mass is 10.3. The van der Waals surface area contributed by atoms with E-state index in [1.54, 1.807) is 31.6 Å². The highest BCUT2D eigenvalue weighted by atomic mass is 32.2. The Kier molecular flexibility index (Phi) is 2.93. The van der Waals surface area contributed by atoms with Crippen molar-refractivity contribution >= 4 is 20.9 Å². The van der Waals surface area contributed by atoms with Gasteiger partial charge in [-0.1, -0.05) is 0 Å². The summed E-state index contributed by atoms with van der Waals surface area (Å²) in [6.45, 7) is 0.448. The van der Waals surface area contributed by atoms with E-state index in [1.807, 2.05) is 0 Å². The lowest BCUT2D eigenvalue weighted by Crippen LogP contribution is -2.19. The van der Waals surface area contributed by atoms with E-state index in [0.29, 0.717) is 11.4 Å².